The molecule has 0 bridgehead atoms. The third-order valence-corrected chi connectivity index (χ3v) is 7.34. The first-order chi connectivity index (χ1) is 20.8. The molecule has 0 unspecified atom stereocenters. The number of hydrogen-bond acceptors (Lipinski definition) is 6. The largest absolute Gasteiger partial charge is 0.374 e. The van der Waals surface area contributed by atoms with Crippen molar-refractivity contribution in [2.24, 2.45) is 0 Å². The van der Waals surface area contributed by atoms with Crippen molar-refractivity contribution < 1.29 is 28.4 Å². The van der Waals surface area contributed by atoms with Crippen LogP contribution in [0.15, 0.2) is 121 Å². The molecule has 1 fully saturated rings. The molecule has 220 valence electrons. The Kier molecular flexibility index (Phi) is 11.7. The Labute approximate surface area is 249 Å². The topological polar surface area (TPSA) is 55.4 Å². The van der Waals surface area contributed by atoms with Gasteiger partial charge in [0.1, 0.15) is 18.3 Å². The van der Waals surface area contributed by atoms with Crippen LogP contribution >= 0.6 is 0 Å². The van der Waals surface area contributed by atoms with Gasteiger partial charge in [-0.1, -0.05) is 121 Å². The summed E-state index contributed by atoms with van der Waals surface area (Å²) in [6.45, 7) is 2.03. The van der Waals surface area contributed by atoms with Gasteiger partial charge in [0.15, 0.2) is 6.29 Å². The number of ether oxygens (including phenoxy) is 6. The van der Waals surface area contributed by atoms with Crippen molar-refractivity contribution in [3.8, 4) is 0 Å². The maximum absolute atomic E-state index is 6.70. The van der Waals surface area contributed by atoms with Gasteiger partial charge in [-0.15, -0.1) is 0 Å². The molecule has 0 amide bonds. The molecule has 0 aliphatic carbocycles. The molecule has 5 atom stereocenters. The summed E-state index contributed by atoms with van der Waals surface area (Å²) in [6.07, 6.45) is -1.74. The fourth-order valence-electron chi connectivity index (χ4n) is 5.11. The lowest BCUT2D eigenvalue weighted by atomic mass is 10.0. The lowest BCUT2D eigenvalue weighted by molar-refractivity contribution is -0.207. The zero-order chi connectivity index (χ0) is 28.8. The van der Waals surface area contributed by atoms with Gasteiger partial charge in [0, 0.05) is 13.5 Å². The Bertz CT molecular complexity index is 1270. The Morgan fingerprint density at radius 3 is 1.45 bits per heavy atom. The van der Waals surface area contributed by atoms with E-state index >= 15 is 0 Å². The van der Waals surface area contributed by atoms with E-state index in [2.05, 4.69) is 48.5 Å². The molecule has 0 aromatic heterocycles. The van der Waals surface area contributed by atoms with Gasteiger partial charge in [-0.3, -0.25) is 0 Å². The summed E-state index contributed by atoms with van der Waals surface area (Å²) in [5.41, 5.74) is 4.32. The second-order valence-electron chi connectivity index (χ2n) is 10.4. The minimum Gasteiger partial charge on any atom is -0.374 e. The minimum atomic E-state index is -0.510. The van der Waals surface area contributed by atoms with Crippen molar-refractivity contribution in [2.75, 3.05) is 13.7 Å². The highest BCUT2D eigenvalue weighted by Gasteiger charge is 2.44. The molecule has 0 radical (unpaired) electrons. The molecule has 1 aliphatic heterocycles. The van der Waals surface area contributed by atoms with Crippen molar-refractivity contribution in [1.29, 1.82) is 0 Å². The maximum Gasteiger partial charge on any atom is 0.160 e. The molecule has 4 aromatic rings. The highest BCUT2D eigenvalue weighted by molar-refractivity contribution is 5.16. The van der Waals surface area contributed by atoms with Gasteiger partial charge in [-0.05, 0) is 22.3 Å². The first kappa shape index (κ1) is 30.1. The van der Waals surface area contributed by atoms with Crippen LogP contribution in [-0.4, -0.2) is 44.4 Å². The van der Waals surface area contributed by atoms with Gasteiger partial charge in [0.25, 0.3) is 0 Å². The van der Waals surface area contributed by atoms with Gasteiger partial charge in [-0.25, -0.2) is 0 Å². The predicted molar refractivity (Wildman–Crippen MR) is 161 cm³/mol. The van der Waals surface area contributed by atoms with Crippen LogP contribution in [0.4, 0.5) is 0 Å². The Hall–Kier alpha value is -3.36. The average Bonchev–Trinajstić information content (AvgIpc) is 3.19. The lowest BCUT2D eigenvalue weighted by Gasteiger charge is -2.34. The smallest absolute Gasteiger partial charge is 0.160 e. The summed E-state index contributed by atoms with van der Waals surface area (Å²) >= 11 is 0. The molecule has 1 heterocycles. The van der Waals surface area contributed by atoms with Gasteiger partial charge >= 0.3 is 0 Å². The Morgan fingerprint density at radius 2 is 0.976 bits per heavy atom. The summed E-state index contributed by atoms with van der Waals surface area (Å²) in [5.74, 6) is 0. The van der Waals surface area contributed by atoms with E-state index in [-0.39, 0.29) is 6.10 Å². The number of methoxy groups -OCH3 is 1. The predicted octanol–water partition coefficient (Wildman–Crippen LogP) is 6.72. The summed E-state index contributed by atoms with van der Waals surface area (Å²) in [5, 5.41) is 0. The molecule has 5 rings (SSSR count). The fourth-order valence-corrected chi connectivity index (χ4v) is 5.11. The maximum atomic E-state index is 6.70. The van der Waals surface area contributed by atoms with Gasteiger partial charge in [0.2, 0.25) is 0 Å². The normalized spacial score (nSPS) is 22.5. The third kappa shape index (κ3) is 9.07. The average molecular weight is 569 g/mol. The Balaban J connectivity index is 1.41. The lowest BCUT2D eigenvalue weighted by Crippen LogP contribution is -2.48. The molecule has 42 heavy (non-hydrogen) atoms. The van der Waals surface area contributed by atoms with Crippen molar-refractivity contribution >= 4 is 0 Å². The van der Waals surface area contributed by atoms with Crippen molar-refractivity contribution in [3.05, 3.63) is 144 Å². The van der Waals surface area contributed by atoms with Crippen LogP contribution in [0.25, 0.3) is 0 Å². The molecule has 0 saturated carbocycles. The molecular weight excluding hydrogens is 528 g/mol. The van der Waals surface area contributed by atoms with Crippen LogP contribution in [0.3, 0.4) is 0 Å². The highest BCUT2D eigenvalue weighted by Crippen LogP contribution is 2.30. The molecule has 1 aliphatic rings. The second kappa shape index (κ2) is 16.3. The Morgan fingerprint density at radius 1 is 0.548 bits per heavy atom. The minimum absolute atomic E-state index is 0.310. The summed E-state index contributed by atoms with van der Waals surface area (Å²) in [4.78, 5) is 0. The molecule has 6 nitrogen and oxygen atoms in total. The van der Waals surface area contributed by atoms with Crippen LogP contribution in [0.5, 0.6) is 0 Å². The second-order valence-corrected chi connectivity index (χ2v) is 10.4. The summed E-state index contributed by atoms with van der Waals surface area (Å²) in [7, 11) is 1.66. The molecule has 1 saturated heterocycles. The van der Waals surface area contributed by atoms with E-state index < -0.39 is 24.6 Å². The molecular formula is C36H40O6. The van der Waals surface area contributed by atoms with Crippen LogP contribution in [0.2, 0.25) is 0 Å². The number of rotatable bonds is 14. The summed E-state index contributed by atoms with van der Waals surface area (Å²) in [6, 6.07) is 40.6. The van der Waals surface area contributed by atoms with E-state index in [1.165, 1.54) is 0 Å². The number of hydrogen-bond donors (Lipinski definition) is 0. The van der Waals surface area contributed by atoms with E-state index in [0.29, 0.717) is 39.5 Å². The molecule has 0 spiro atoms. The van der Waals surface area contributed by atoms with Crippen LogP contribution in [0, 0.1) is 0 Å². The SMILES string of the molecule is CO[C@H]1C[C@H](OCc2ccccc2)[C@@H](OCc2ccccc2)[C@H](OCc2ccccc2)[C@@H](COCc2ccccc2)O1. The van der Waals surface area contributed by atoms with E-state index in [9.17, 15) is 0 Å². The van der Waals surface area contributed by atoms with Gasteiger partial charge in [-0.2, -0.15) is 0 Å². The van der Waals surface area contributed by atoms with Gasteiger partial charge in [0.05, 0.1) is 39.1 Å². The molecule has 0 N–H and O–H groups in total. The number of benzene rings is 4. The van der Waals surface area contributed by atoms with Crippen LogP contribution in [-0.2, 0) is 54.8 Å². The first-order valence-electron chi connectivity index (χ1n) is 14.5. The van der Waals surface area contributed by atoms with E-state index in [0.717, 1.165) is 22.3 Å². The van der Waals surface area contributed by atoms with E-state index in [1.54, 1.807) is 7.11 Å². The zero-order valence-corrected chi connectivity index (χ0v) is 24.1. The van der Waals surface area contributed by atoms with Crippen molar-refractivity contribution in [3.63, 3.8) is 0 Å². The van der Waals surface area contributed by atoms with Crippen LogP contribution < -0.4 is 0 Å². The highest BCUT2D eigenvalue weighted by atomic mass is 16.7. The standard InChI is InChI=1S/C36H40O6/c1-37-34-22-32(39-24-29-16-8-3-9-17-29)35(40-25-30-18-10-4-11-19-30)36(41-26-31-20-12-5-13-21-31)33(42-34)27-38-23-28-14-6-2-7-15-28/h2-21,32-36H,22-27H2,1H3/t32-,33+,34+,35+,36+/m0/s1. The van der Waals surface area contributed by atoms with E-state index in [1.807, 2.05) is 72.8 Å². The first-order valence-corrected chi connectivity index (χ1v) is 14.5. The monoisotopic (exact) mass is 568 g/mol. The third-order valence-electron chi connectivity index (χ3n) is 7.34. The van der Waals surface area contributed by atoms with Gasteiger partial charge < -0.3 is 28.4 Å². The van der Waals surface area contributed by atoms with Crippen molar-refractivity contribution in [2.45, 2.75) is 63.6 Å². The van der Waals surface area contributed by atoms with Crippen LogP contribution in [0.1, 0.15) is 28.7 Å². The van der Waals surface area contributed by atoms with Crippen molar-refractivity contribution in [1.82, 2.24) is 0 Å². The summed E-state index contributed by atoms with van der Waals surface area (Å²) < 4.78 is 38.5. The quantitative estimate of drug-likeness (QED) is 0.168. The molecule has 6 heteroatoms. The van der Waals surface area contributed by atoms with E-state index in [4.69, 9.17) is 28.4 Å². The fraction of sp³-hybridized carbons (Fsp3) is 0.333. The molecule has 4 aromatic carbocycles. The zero-order valence-electron chi connectivity index (χ0n) is 24.1.